The molecule has 5 N–H and O–H groups in total. The average molecular weight is 548 g/mol. The summed E-state index contributed by atoms with van der Waals surface area (Å²) in [6.45, 7) is -0.294. The van der Waals surface area contributed by atoms with E-state index in [0.29, 0.717) is 11.2 Å². The number of aromatic nitrogens is 4. The van der Waals surface area contributed by atoms with Crippen molar-refractivity contribution in [3.05, 3.63) is 12.7 Å². The Kier molecular flexibility index (Phi) is 8.18. The van der Waals surface area contributed by atoms with Crippen molar-refractivity contribution in [2.45, 2.75) is 10.5 Å². The molecule has 0 saturated carbocycles. The fraction of sp³-hybridized carbons (Fsp3) is 0.444. The van der Waals surface area contributed by atoms with Crippen LogP contribution in [-0.2, 0) is 41.2 Å². The molecule has 0 saturated heterocycles. The fourth-order valence-corrected chi connectivity index (χ4v) is 8.12. The SMILES string of the molecule is Nc1ncnc2c1ncn2COCCOP(=S)(S)OP(=O)(O)C(Cl)(Cl)P(=O)(O)O. The van der Waals surface area contributed by atoms with E-state index < -0.39 is 24.7 Å². The molecule has 0 bridgehead atoms. The van der Waals surface area contributed by atoms with Crippen molar-refractivity contribution in [3.63, 3.8) is 0 Å². The van der Waals surface area contributed by atoms with Gasteiger partial charge in [-0.05, 0) is 11.8 Å². The lowest BCUT2D eigenvalue weighted by atomic mass is 10.5. The van der Waals surface area contributed by atoms with Gasteiger partial charge in [0, 0.05) is 0 Å². The zero-order valence-corrected chi connectivity index (χ0v) is 19.9. The highest BCUT2D eigenvalue weighted by atomic mass is 35.5. The summed E-state index contributed by atoms with van der Waals surface area (Å²) in [6, 6.07) is 0. The van der Waals surface area contributed by atoms with Crippen molar-refractivity contribution in [1.29, 1.82) is 0 Å². The van der Waals surface area contributed by atoms with E-state index in [-0.39, 0.29) is 25.8 Å². The Hall–Kier alpha value is 0.150. The van der Waals surface area contributed by atoms with Gasteiger partial charge < -0.3 is 29.7 Å². The summed E-state index contributed by atoms with van der Waals surface area (Å²) in [7, 11) is -10.8. The van der Waals surface area contributed by atoms with Gasteiger partial charge in [-0.2, -0.15) is 0 Å². The molecule has 164 valence electrons. The number of imidazole rings is 1. The summed E-state index contributed by atoms with van der Waals surface area (Å²) in [5.74, 6) is 0.211. The van der Waals surface area contributed by atoms with Crippen LogP contribution < -0.4 is 5.73 Å². The second-order valence-corrected chi connectivity index (χ2v) is 17.0. The summed E-state index contributed by atoms with van der Waals surface area (Å²) >= 11 is 19.2. The van der Waals surface area contributed by atoms with E-state index >= 15 is 0 Å². The van der Waals surface area contributed by atoms with Crippen LogP contribution >= 0.6 is 56.3 Å². The van der Waals surface area contributed by atoms with Gasteiger partial charge in [-0.15, -0.1) is 0 Å². The molecule has 0 aliphatic heterocycles. The number of hydrogen-bond donors (Lipinski definition) is 5. The normalized spacial score (nSPS) is 17.2. The molecule has 2 rings (SSSR count). The van der Waals surface area contributed by atoms with Crippen LogP contribution in [0.3, 0.4) is 0 Å². The number of hydrogen-bond acceptors (Lipinski definition) is 10. The first-order valence-corrected chi connectivity index (χ1v) is 14.9. The summed E-state index contributed by atoms with van der Waals surface area (Å²) in [5.41, 5.74) is 2.76. The van der Waals surface area contributed by atoms with Gasteiger partial charge in [0.25, 0.3) is 5.69 Å². The Morgan fingerprint density at radius 2 is 1.90 bits per heavy atom. The van der Waals surface area contributed by atoms with Crippen molar-refractivity contribution >= 4 is 85.1 Å². The highest BCUT2D eigenvalue weighted by Crippen LogP contribution is 2.81. The number of alkyl halides is 2. The number of halogens is 2. The van der Waals surface area contributed by atoms with E-state index in [1.54, 1.807) is 0 Å². The third kappa shape index (κ3) is 6.11. The molecule has 2 heterocycles. The molecule has 2 aromatic heterocycles. The van der Waals surface area contributed by atoms with E-state index in [1.807, 2.05) is 0 Å². The molecule has 2 atom stereocenters. The van der Waals surface area contributed by atoms with Crippen LogP contribution in [-0.4, -0.2) is 51.2 Å². The van der Waals surface area contributed by atoms with Gasteiger partial charge in [-0.1, -0.05) is 35.5 Å². The Morgan fingerprint density at radius 1 is 1.24 bits per heavy atom. The van der Waals surface area contributed by atoms with Crippen molar-refractivity contribution in [3.8, 4) is 0 Å². The maximum absolute atomic E-state index is 12.0. The summed E-state index contributed by atoms with van der Waals surface area (Å²) in [5, 5.41) is 0. The first kappa shape index (κ1) is 25.4. The molecule has 0 spiro atoms. The van der Waals surface area contributed by atoms with Crippen LogP contribution in [0.25, 0.3) is 11.2 Å². The predicted octanol–water partition coefficient (Wildman–Crippen LogP) is 2.02. The lowest BCUT2D eigenvalue weighted by Gasteiger charge is -2.28. The Balaban J connectivity index is 1.88. The van der Waals surface area contributed by atoms with Crippen LogP contribution in [0.5, 0.6) is 0 Å². The van der Waals surface area contributed by atoms with Gasteiger partial charge >= 0.3 is 19.0 Å². The van der Waals surface area contributed by atoms with Crippen molar-refractivity contribution < 1.29 is 37.4 Å². The maximum atomic E-state index is 12.0. The standard InChI is InChI=1S/C9H14Cl2N5O8P3S2/c10-9(11,25(17,18)19)26(20,21)24-27(28,29)23-2-1-22-5-16-4-15-6-7(12)13-3-14-8(6)16/h3-4H,1-2,5H2,(H,20,21)(H,28,29)(H2,12,13,14)(H2,17,18,19). The zero-order chi connectivity index (χ0) is 22.1. The molecule has 29 heavy (non-hydrogen) atoms. The summed E-state index contributed by atoms with van der Waals surface area (Å²) in [4.78, 5) is 39.6. The van der Waals surface area contributed by atoms with E-state index in [0.717, 1.165) is 0 Å². The molecule has 20 heteroatoms. The number of nitrogens with two attached hydrogens (primary N) is 1. The number of anilines is 1. The minimum atomic E-state index is -5.44. The molecule has 0 fully saturated rings. The average Bonchev–Trinajstić information content (AvgIpc) is 2.97. The van der Waals surface area contributed by atoms with Gasteiger partial charge in [0.15, 0.2) is 11.5 Å². The predicted molar refractivity (Wildman–Crippen MR) is 112 cm³/mol. The molecule has 2 unspecified atom stereocenters. The Morgan fingerprint density at radius 3 is 2.52 bits per heavy atom. The molecule has 0 aromatic carbocycles. The third-order valence-electron chi connectivity index (χ3n) is 3.05. The molecule has 2 aromatic rings. The number of fused-ring (bicyclic) bond motifs is 1. The molecule has 0 radical (unpaired) electrons. The van der Waals surface area contributed by atoms with Crippen LogP contribution in [0.15, 0.2) is 12.7 Å². The second-order valence-electron chi connectivity index (χ2n) is 5.14. The first-order valence-electron chi connectivity index (χ1n) is 7.12. The van der Waals surface area contributed by atoms with Crippen molar-refractivity contribution in [2.24, 2.45) is 0 Å². The molecule has 0 aliphatic carbocycles. The lowest BCUT2D eigenvalue weighted by Crippen LogP contribution is -2.15. The smallest absolute Gasteiger partial charge is 0.382 e. The zero-order valence-electron chi connectivity index (χ0n) is 14.0. The minimum absolute atomic E-state index is 0.00971. The maximum Gasteiger partial charge on any atom is 0.382 e. The highest BCUT2D eigenvalue weighted by molar-refractivity contribution is 8.60. The molecule has 0 aliphatic rings. The molecular formula is C9H14Cl2N5O8P3S2. The monoisotopic (exact) mass is 547 g/mol. The topological polar surface area (TPSA) is 192 Å². The van der Waals surface area contributed by atoms with E-state index in [2.05, 4.69) is 31.5 Å². The second kappa shape index (κ2) is 9.33. The van der Waals surface area contributed by atoms with Crippen LogP contribution in [0.4, 0.5) is 5.82 Å². The number of nitrogens with zero attached hydrogens (tertiary/aromatic N) is 4. The van der Waals surface area contributed by atoms with Gasteiger partial charge in [-0.3, -0.25) is 13.7 Å². The third-order valence-corrected chi connectivity index (χ3v) is 12.7. The van der Waals surface area contributed by atoms with Crippen molar-refractivity contribution in [2.75, 3.05) is 18.9 Å². The molecule has 13 nitrogen and oxygen atoms in total. The Bertz CT molecular complexity index is 1030. The van der Waals surface area contributed by atoms with Gasteiger partial charge in [-0.25, -0.2) is 19.3 Å². The fourth-order valence-electron chi connectivity index (χ4n) is 1.74. The summed E-state index contributed by atoms with van der Waals surface area (Å²) < 4.78 is 36.3. The van der Waals surface area contributed by atoms with Crippen LogP contribution in [0, 0.1) is 0 Å². The minimum Gasteiger partial charge on any atom is -0.382 e. The number of thiol groups is 1. The lowest BCUT2D eigenvalue weighted by molar-refractivity contribution is 0.0569. The van der Waals surface area contributed by atoms with Gasteiger partial charge in [0.1, 0.15) is 18.6 Å². The van der Waals surface area contributed by atoms with Crippen molar-refractivity contribution in [1.82, 2.24) is 19.5 Å². The number of nitrogen functional groups attached to an aromatic ring is 1. The van der Waals surface area contributed by atoms with E-state index in [1.165, 1.54) is 17.2 Å². The van der Waals surface area contributed by atoms with E-state index in [4.69, 9.17) is 59.8 Å². The molecule has 0 amide bonds. The quantitative estimate of drug-likeness (QED) is 0.126. The van der Waals surface area contributed by atoms with Crippen LogP contribution in [0.2, 0.25) is 0 Å². The largest absolute Gasteiger partial charge is 0.382 e. The number of ether oxygens (including phenoxy) is 1. The highest BCUT2D eigenvalue weighted by Gasteiger charge is 2.61. The first-order chi connectivity index (χ1) is 13.2. The number of rotatable bonds is 10. The van der Waals surface area contributed by atoms with Gasteiger partial charge in [0.05, 0.1) is 19.5 Å². The summed E-state index contributed by atoms with van der Waals surface area (Å²) in [6.07, 6.45) is 2.71. The van der Waals surface area contributed by atoms with Crippen LogP contribution in [0.1, 0.15) is 0 Å². The van der Waals surface area contributed by atoms with E-state index in [9.17, 15) is 14.0 Å². The Labute approximate surface area is 183 Å². The molecular weight excluding hydrogens is 534 g/mol. The van der Waals surface area contributed by atoms with Gasteiger partial charge in [0.2, 0.25) is 0 Å².